The van der Waals surface area contributed by atoms with E-state index in [-0.39, 0.29) is 11.3 Å². The Morgan fingerprint density at radius 1 is 1.10 bits per heavy atom. The number of phenolic OH excluding ortho intramolecular Hbond substituents is 1. The van der Waals surface area contributed by atoms with Gasteiger partial charge < -0.3 is 5.11 Å². The van der Waals surface area contributed by atoms with Crippen LogP contribution in [0.1, 0.15) is 35.4 Å². The van der Waals surface area contributed by atoms with Gasteiger partial charge >= 0.3 is 0 Å². The van der Waals surface area contributed by atoms with Crippen LogP contribution in [0.3, 0.4) is 0 Å². The Kier molecular flexibility index (Phi) is 5.56. The van der Waals surface area contributed by atoms with Crippen LogP contribution in [0.5, 0.6) is 5.75 Å². The van der Waals surface area contributed by atoms with E-state index in [1.807, 2.05) is 36.7 Å². The fraction of sp³-hybridized carbons (Fsp3) is 0.304. The lowest BCUT2D eigenvalue weighted by Crippen LogP contribution is -2.27. The van der Waals surface area contributed by atoms with Crippen molar-refractivity contribution in [3.63, 3.8) is 0 Å². The van der Waals surface area contributed by atoms with Crippen LogP contribution >= 0.6 is 0 Å². The van der Waals surface area contributed by atoms with Gasteiger partial charge in [-0.1, -0.05) is 18.2 Å². The average Bonchev–Trinajstić information content (AvgIpc) is 3.38. The van der Waals surface area contributed by atoms with Gasteiger partial charge in [-0.3, -0.25) is 4.68 Å². The lowest BCUT2D eigenvalue weighted by molar-refractivity contribution is 0.473. The van der Waals surface area contributed by atoms with E-state index < -0.39 is 10.0 Å². The molecule has 3 aromatic rings. The molecule has 0 unspecified atom stereocenters. The third-order valence-electron chi connectivity index (χ3n) is 5.75. The van der Waals surface area contributed by atoms with Crippen LogP contribution in [0.2, 0.25) is 0 Å². The molecule has 1 N–H and O–H groups in total. The molecule has 1 aromatic heterocycles. The fourth-order valence-corrected chi connectivity index (χ4v) is 5.58. The van der Waals surface area contributed by atoms with Crippen molar-refractivity contribution in [2.45, 2.75) is 38.1 Å². The molecule has 31 heavy (non-hydrogen) atoms. The van der Waals surface area contributed by atoms with Gasteiger partial charge in [-0.15, -0.1) is 0 Å². The van der Waals surface area contributed by atoms with E-state index in [2.05, 4.69) is 5.10 Å². The largest absolute Gasteiger partial charge is 0.507 e. The van der Waals surface area contributed by atoms with Gasteiger partial charge in [0.15, 0.2) is 0 Å². The zero-order chi connectivity index (χ0) is 22.2. The number of rotatable bonds is 5. The van der Waals surface area contributed by atoms with Crippen molar-refractivity contribution in [3.05, 3.63) is 65.0 Å². The molecule has 1 aliphatic heterocycles. The van der Waals surface area contributed by atoms with Crippen molar-refractivity contribution < 1.29 is 13.5 Å². The van der Waals surface area contributed by atoms with E-state index in [0.29, 0.717) is 24.5 Å². The Morgan fingerprint density at radius 2 is 1.77 bits per heavy atom. The lowest BCUT2D eigenvalue weighted by atomic mass is 10.0. The summed E-state index contributed by atoms with van der Waals surface area (Å²) >= 11 is 0. The van der Waals surface area contributed by atoms with Crippen molar-refractivity contribution in [2.24, 2.45) is 0 Å². The van der Waals surface area contributed by atoms with Crippen LogP contribution in [0.15, 0.2) is 47.4 Å². The molecule has 1 saturated heterocycles. The molecule has 8 heteroatoms. The maximum atomic E-state index is 12.7. The van der Waals surface area contributed by atoms with E-state index in [4.69, 9.17) is 5.26 Å². The highest BCUT2D eigenvalue weighted by Gasteiger charge is 2.27. The first-order valence-corrected chi connectivity index (χ1v) is 11.6. The molecule has 0 aliphatic carbocycles. The topological polar surface area (TPSA) is 99.2 Å². The highest BCUT2D eigenvalue weighted by atomic mass is 32.2. The van der Waals surface area contributed by atoms with Crippen LogP contribution in [-0.2, 0) is 16.6 Å². The quantitative estimate of drug-likeness (QED) is 0.659. The first-order chi connectivity index (χ1) is 14.8. The molecule has 2 aromatic carbocycles. The summed E-state index contributed by atoms with van der Waals surface area (Å²) in [6.45, 7) is 5.53. The van der Waals surface area contributed by atoms with Gasteiger partial charge in [-0.05, 0) is 62.1 Å². The number of hydrogen-bond acceptors (Lipinski definition) is 5. The smallest absolute Gasteiger partial charge is 0.243 e. The van der Waals surface area contributed by atoms with Crippen LogP contribution in [0.25, 0.3) is 11.1 Å². The van der Waals surface area contributed by atoms with E-state index in [9.17, 15) is 13.5 Å². The minimum atomic E-state index is -3.42. The molecule has 4 rings (SSSR count). The molecule has 0 atom stereocenters. The number of aromatic nitrogens is 2. The summed E-state index contributed by atoms with van der Waals surface area (Å²) in [5.41, 5.74) is 4.62. The summed E-state index contributed by atoms with van der Waals surface area (Å²) in [5, 5.41) is 23.7. The van der Waals surface area contributed by atoms with Gasteiger partial charge in [0.25, 0.3) is 0 Å². The second kappa shape index (κ2) is 8.17. The minimum Gasteiger partial charge on any atom is -0.507 e. The Hall–Kier alpha value is -3.15. The summed E-state index contributed by atoms with van der Waals surface area (Å²) in [7, 11) is -3.42. The first-order valence-electron chi connectivity index (χ1n) is 10.2. The van der Waals surface area contributed by atoms with Gasteiger partial charge in [-0.2, -0.15) is 14.7 Å². The molecular formula is C23H24N4O3S. The second-order valence-electron chi connectivity index (χ2n) is 7.80. The van der Waals surface area contributed by atoms with Crippen molar-refractivity contribution in [2.75, 3.05) is 13.1 Å². The summed E-state index contributed by atoms with van der Waals surface area (Å²) in [5.74, 6) is -0.0543. The number of aromatic hydroxyl groups is 1. The van der Waals surface area contributed by atoms with Crippen molar-refractivity contribution in [1.82, 2.24) is 14.1 Å². The van der Waals surface area contributed by atoms with Gasteiger partial charge in [0.05, 0.1) is 22.7 Å². The molecule has 0 spiro atoms. The van der Waals surface area contributed by atoms with Crippen molar-refractivity contribution >= 4 is 10.0 Å². The average molecular weight is 437 g/mol. The maximum absolute atomic E-state index is 12.7. The zero-order valence-electron chi connectivity index (χ0n) is 17.5. The van der Waals surface area contributed by atoms with E-state index in [0.717, 1.165) is 40.9 Å². The highest BCUT2D eigenvalue weighted by molar-refractivity contribution is 7.89. The van der Waals surface area contributed by atoms with Gasteiger partial charge in [-0.25, -0.2) is 8.42 Å². The monoisotopic (exact) mass is 436 g/mol. The number of aryl methyl sites for hydroxylation is 1. The van der Waals surface area contributed by atoms with Gasteiger partial charge in [0, 0.05) is 24.3 Å². The Bertz CT molecular complexity index is 1270. The molecule has 160 valence electrons. The number of benzene rings is 2. The Labute approximate surface area is 182 Å². The molecule has 1 aliphatic rings. The van der Waals surface area contributed by atoms with Gasteiger partial charge in [0.2, 0.25) is 10.0 Å². The number of nitriles is 1. The highest BCUT2D eigenvalue weighted by Crippen LogP contribution is 2.31. The summed E-state index contributed by atoms with van der Waals surface area (Å²) in [6.07, 6.45) is 1.82. The first kappa shape index (κ1) is 21.1. The number of hydrogen-bond donors (Lipinski definition) is 1. The number of sulfonamides is 1. The maximum Gasteiger partial charge on any atom is 0.243 e. The predicted molar refractivity (Wildman–Crippen MR) is 117 cm³/mol. The number of nitrogens with zero attached hydrogens (tertiary/aromatic N) is 4. The molecular weight excluding hydrogens is 412 g/mol. The third-order valence-corrected chi connectivity index (χ3v) is 7.66. The Balaban J connectivity index is 1.59. The van der Waals surface area contributed by atoms with Crippen LogP contribution in [0.4, 0.5) is 0 Å². The van der Waals surface area contributed by atoms with Crippen molar-refractivity contribution in [1.29, 1.82) is 5.26 Å². The zero-order valence-corrected chi connectivity index (χ0v) is 18.4. The Morgan fingerprint density at radius 3 is 2.39 bits per heavy atom. The predicted octanol–water partition coefficient (Wildman–Crippen LogP) is 3.58. The normalized spacial score (nSPS) is 14.6. The summed E-state index contributed by atoms with van der Waals surface area (Å²) < 4.78 is 28.8. The standard InChI is InChI=1S/C23H24N4O3S/c1-16-23(19-7-8-20(14-24)22(28)13-19)17(2)27(25-16)15-18-5-9-21(10-6-18)31(29,30)26-11-3-4-12-26/h5-10,13,28H,3-4,11-12,15H2,1-2H3. The minimum absolute atomic E-state index is 0.0543. The molecule has 1 fully saturated rings. The van der Waals surface area contributed by atoms with Crippen LogP contribution in [-0.4, -0.2) is 40.7 Å². The molecule has 0 amide bonds. The van der Waals surface area contributed by atoms with Crippen LogP contribution < -0.4 is 0 Å². The number of phenols is 1. The summed E-state index contributed by atoms with van der Waals surface area (Å²) in [6, 6.07) is 13.9. The van der Waals surface area contributed by atoms with E-state index >= 15 is 0 Å². The molecule has 2 heterocycles. The van der Waals surface area contributed by atoms with Crippen molar-refractivity contribution in [3.8, 4) is 22.9 Å². The molecule has 0 radical (unpaired) electrons. The molecule has 7 nitrogen and oxygen atoms in total. The molecule has 0 bridgehead atoms. The van der Waals surface area contributed by atoms with Crippen LogP contribution in [0, 0.1) is 25.2 Å². The summed E-state index contributed by atoms with van der Waals surface area (Å²) in [4.78, 5) is 0.320. The van der Waals surface area contributed by atoms with E-state index in [1.165, 1.54) is 0 Å². The molecule has 0 saturated carbocycles. The van der Waals surface area contributed by atoms with Gasteiger partial charge in [0.1, 0.15) is 11.8 Å². The lowest BCUT2D eigenvalue weighted by Gasteiger charge is -2.15. The van der Waals surface area contributed by atoms with E-state index in [1.54, 1.807) is 34.6 Å². The SMILES string of the molecule is Cc1nn(Cc2ccc(S(=O)(=O)N3CCCC3)cc2)c(C)c1-c1ccc(C#N)c(O)c1. The fourth-order valence-electron chi connectivity index (χ4n) is 4.07. The third kappa shape index (κ3) is 3.94. The second-order valence-corrected chi connectivity index (χ2v) is 9.74.